The van der Waals surface area contributed by atoms with Crippen LogP contribution in [0.4, 0.5) is 0 Å². The van der Waals surface area contributed by atoms with E-state index in [2.05, 4.69) is 16.5 Å². The van der Waals surface area contributed by atoms with Crippen LogP contribution in [0.5, 0.6) is 0 Å². The van der Waals surface area contributed by atoms with Gasteiger partial charge in [0.1, 0.15) is 5.69 Å². The van der Waals surface area contributed by atoms with Crippen molar-refractivity contribution in [2.75, 3.05) is 40.4 Å². The van der Waals surface area contributed by atoms with Crippen molar-refractivity contribution in [1.29, 1.82) is 0 Å². The number of benzene rings is 1. The molecule has 0 radical (unpaired) electrons. The number of aryl methyl sites for hydroxylation is 2. The summed E-state index contributed by atoms with van der Waals surface area (Å²) in [5.41, 5.74) is 2.77. The molecule has 9 heteroatoms. The van der Waals surface area contributed by atoms with Crippen molar-refractivity contribution in [3.8, 4) is 0 Å². The van der Waals surface area contributed by atoms with E-state index in [0.29, 0.717) is 38.5 Å². The Hall–Kier alpha value is -3.20. The number of carbonyl (C=O) groups is 3. The van der Waals surface area contributed by atoms with Crippen LogP contribution < -0.4 is 5.32 Å². The molecule has 0 saturated heterocycles. The van der Waals surface area contributed by atoms with Crippen LogP contribution in [-0.2, 0) is 22.6 Å². The molecule has 0 fully saturated rings. The number of hydrogen-bond donors (Lipinski definition) is 1. The molecular weight excluding hydrogens is 398 g/mol. The van der Waals surface area contributed by atoms with Crippen molar-refractivity contribution in [1.82, 2.24) is 24.9 Å². The van der Waals surface area contributed by atoms with E-state index >= 15 is 0 Å². The molecular formula is C22H29N5O4. The highest BCUT2D eigenvalue weighted by atomic mass is 16.5. The Morgan fingerprint density at radius 3 is 2.81 bits per heavy atom. The number of methoxy groups -OCH3 is 1. The van der Waals surface area contributed by atoms with E-state index in [4.69, 9.17) is 4.74 Å². The van der Waals surface area contributed by atoms with Gasteiger partial charge in [-0.15, -0.1) is 0 Å². The quantitative estimate of drug-likeness (QED) is 0.636. The number of amides is 3. The molecule has 0 unspecified atom stereocenters. The lowest BCUT2D eigenvalue weighted by atomic mass is 10.1. The first-order valence-electron chi connectivity index (χ1n) is 10.3. The number of rotatable bonds is 8. The average molecular weight is 428 g/mol. The summed E-state index contributed by atoms with van der Waals surface area (Å²) in [5, 5.41) is 7.02. The first kappa shape index (κ1) is 22.5. The van der Waals surface area contributed by atoms with Gasteiger partial charge in [-0.3, -0.25) is 19.1 Å². The second kappa shape index (κ2) is 10.2. The summed E-state index contributed by atoms with van der Waals surface area (Å²) in [6, 6.07) is 9.60. The lowest BCUT2D eigenvalue weighted by Crippen LogP contribution is -2.39. The minimum atomic E-state index is -0.402. The minimum Gasteiger partial charge on any atom is -0.383 e. The number of carbonyl (C=O) groups excluding carboxylic acids is 3. The molecule has 2 heterocycles. The topological polar surface area (TPSA) is 96.8 Å². The highest BCUT2D eigenvalue weighted by molar-refractivity contribution is 5.99. The molecule has 0 spiro atoms. The van der Waals surface area contributed by atoms with Gasteiger partial charge in [0.15, 0.2) is 5.69 Å². The van der Waals surface area contributed by atoms with Crippen LogP contribution >= 0.6 is 0 Å². The molecule has 0 bridgehead atoms. The monoisotopic (exact) mass is 427 g/mol. The molecule has 3 amide bonds. The second-order valence-electron chi connectivity index (χ2n) is 7.71. The molecule has 9 nitrogen and oxygen atoms in total. The maximum atomic E-state index is 13.1. The van der Waals surface area contributed by atoms with Gasteiger partial charge in [-0.25, -0.2) is 0 Å². The molecule has 2 aromatic rings. The Morgan fingerprint density at radius 1 is 1.26 bits per heavy atom. The second-order valence-corrected chi connectivity index (χ2v) is 7.71. The molecule has 166 valence electrons. The molecule has 0 atom stereocenters. The maximum absolute atomic E-state index is 13.1. The van der Waals surface area contributed by atoms with Gasteiger partial charge < -0.3 is 19.9 Å². The normalized spacial score (nSPS) is 13.5. The summed E-state index contributed by atoms with van der Waals surface area (Å²) in [6.07, 6.45) is 0.748. The Bertz CT molecular complexity index is 955. The Morgan fingerprint density at radius 2 is 2.06 bits per heavy atom. The minimum absolute atomic E-state index is 0.0990. The van der Waals surface area contributed by atoms with Gasteiger partial charge in [0.25, 0.3) is 11.8 Å². The molecule has 0 saturated carbocycles. The van der Waals surface area contributed by atoms with E-state index in [0.717, 1.165) is 17.5 Å². The number of likely N-dealkylation sites (N-methyl/N-ethyl adjacent to an activating group) is 1. The molecule has 0 aliphatic carbocycles. The summed E-state index contributed by atoms with van der Waals surface area (Å²) >= 11 is 0. The van der Waals surface area contributed by atoms with Crippen molar-refractivity contribution in [2.24, 2.45) is 0 Å². The summed E-state index contributed by atoms with van der Waals surface area (Å²) in [6.45, 7) is 4.39. The predicted molar refractivity (Wildman–Crippen MR) is 115 cm³/mol. The third kappa shape index (κ3) is 5.69. The summed E-state index contributed by atoms with van der Waals surface area (Å²) < 4.78 is 6.48. The van der Waals surface area contributed by atoms with Crippen molar-refractivity contribution >= 4 is 17.7 Å². The van der Waals surface area contributed by atoms with Crippen LogP contribution in [-0.4, -0.2) is 77.7 Å². The van der Waals surface area contributed by atoms with Crippen molar-refractivity contribution < 1.29 is 19.1 Å². The van der Waals surface area contributed by atoms with E-state index in [1.54, 1.807) is 16.7 Å². The number of aromatic nitrogens is 2. The Labute approximate surface area is 182 Å². The molecule has 31 heavy (non-hydrogen) atoms. The molecule has 1 aromatic heterocycles. The number of fused-ring (bicyclic) bond motifs is 1. The third-order valence-electron chi connectivity index (χ3n) is 5.12. The van der Waals surface area contributed by atoms with E-state index in [-0.39, 0.29) is 24.1 Å². The summed E-state index contributed by atoms with van der Waals surface area (Å²) in [4.78, 5) is 40.9. The van der Waals surface area contributed by atoms with Crippen molar-refractivity contribution in [3.05, 3.63) is 52.8 Å². The van der Waals surface area contributed by atoms with E-state index in [1.165, 1.54) is 18.0 Å². The van der Waals surface area contributed by atoms with E-state index in [9.17, 15) is 14.4 Å². The smallest absolute Gasteiger partial charge is 0.274 e. The number of hydrogen-bond acceptors (Lipinski definition) is 5. The van der Waals surface area contributed by atoms with Gasteiger partial charge in [0.2, 0.25) is 5.91 Å². The molecule has 3 rings (SSSR count). The standard InChI is InChI=1S/C22H29N5O4/c1-16-6-4-7-17(12-16)14-26-9-5-10-27-19(22(26)30)13-18(24-27)21(29)25(2)15-20(28)23-8-11-31-3/h4,6-7,12-13H,5,8-11,14-15H2,1-3H3,(H,23,28). The van der Waals surface area contributed by atoms with Gasteiger partial charge in [-0.1, -0.05) is 29.8 Å². The van der Waals surface area contributed by atoms with E-state index < -0.39 is 5.91 Å². The summed E-state index contributed by atoms with van der Waals surface area (Å²) in [5.74, 6) is -0.833. The largest absolute Gasteiger partial charge is 0.383 e. The Kier molecular flexibility index (Phi) is 7.41. The summed E-state index contributed by atoms with van der Waals surface area (Å²) in [7, 11) is 3.09. The number of nitrogens with one attached hydrogen (secondary N) is 1. The van der Waals surface area contributed by atoms with Crippen LogP contribution in [0.2, 0.25) is 0 Å². The fraction of sp³-hybridized carbons (Fsp3) is 0.455. The SMILES string of the molecule is COCCNC(=O)CN(C)C(=O)c1cc2n(n1)CCCN(Cc1cccc(C)c1)C2=O. The van der Waals surface area contributed by atoms with Gasteiger partial charge in [-0.05, 0) is 18.9 Å². The highest BCUT2D eigenvalue weighted by Crippen LogP contribution is 2.18. The average Bonchev–Trinajstić information content (AvgIpc) is 3.10. The van der Waals surface area contributed by atoms with Crippen molar-refractivity contribution in [3.63, 3.8) is 0 Å². The van der Waals surface area contributed by atoms with Gasteiger partial charge in [0.05, 0.1) is 13.2 Å². The number of nitrogens with zero attached hydrogens (tertiary/aromatic N) is 4. The highest BCUT2D eigenvalue weighted by Gasteiger charge is 2.27. The van der Waals surface area contributed by atoms with Crippen molar-refractivity contribution in [2.45, 2.75) is 26.4 Å². The first-order chi connectivity index (χ1) is 14.9. The fourth-order valence-corrected chi connectivity index (χ4v) is 3.55. The molecule has 1 N–H and O–H groups in total. The van der Waals surface area contributed by atoms with Crippen LogP contribution in [0, 0.1) is 6.92 Å². The first-order valence-corrected chi connectivity index (χ1v) is 10.3. The van der Waals surface area contributed by atoms with Gasteiger partial charge in [-0.2, -0.15) is 5.10 Å². The fourth-order valence-electron chi connectivity index (χ4n) is 3.55. The zero-order chi connectivity index (χ0) is 22.4. The maximum Gasteiger partial charge on any atom is 0.274 e. The van der Waals surface area contributed by atoms with Gasteiger partial charge >= 0.3 is 0 Å². The third-order valence-corrected chi connectivity index (χ3v) is 5.12. The van der Waals surface area contributed by atoms with Gasteiger partial charge in [0, 0.05) is 46.4 Å². The van der Waals surface area contributed by atoms with Crippen LogP contribution in [0.3, 0.4) is 0 Å². The van der Waals surface area contributed by atoms with Crippen LogP contribution in [0.1, 0.15) is 38.5 Å². The lowest BCUT2D eigenvalue weighted by molar-refractivity contribution is -0.121. The van der Waals surface area contributed by atoms with Crippen LogP contribution in [0.25, 0.3) is 0 Å². The molecule has 1 aliphatic heterocycles. The van der Waals surface area contributed by atoms with E-state index in [1.807, 2.05) is 25.1 Å². The molecule has 1 aliphatic rings. The Balaban J connectivity index is 1.69. The zero-order valence-electron chi connectivity index (χ0n) is 18.3. The predicted octanol–water partition coefficient (Wildman–Crippen LogP) is 1.07. The molecule has 1 aromatic carbocycles. The van der Waals surface area contributed by atoms with Crippen LogP contribution in [0.15, 0.2) is 30.3 Å². The zero-order valence-corrected chi connectivity index (χ0v) is 18.3. The number of ether oxygens (including phenoxy) is 1. The lowest BCUT2D eigenvalue weighted by Gasteiger charge is -2.20.